The van der Waals surface area contributed by atoms with E-state index >= 15 is 0 Å². The number of methoxy groups -OCH3 is 1. The Morgan fingerprint density at radius 3 is 2.48 bits per heavy atom. The van der Waals surface area contributed by atoms with Crippen molar-refractivity contribution in [2.24, 2.45) is 11.7 Å². The molecule has 0 bridgehead atoms. The number of nitrogens with one attached hydrogen (secondary N) is 2. The topological polar surface area (TPSA) is 93.4 Å². The minimum absolute atomic E-state index is 0.0893. The zero-order valence-electron chi connectivity index (χ0n) is 13.7. The monoisotopic (exact) mass is 319 g/mol. The van der Waals surface area contributed by atoms with Gasteiger partial charge >= 0.3 is 0 Å². The molecule has 6 heteroatoms. The van der Waals surface area contributed by atoms with Gasteiger partial charge in [0.1, 0.15) is 0 Å². The molecule has 2 atom stereocenters. The van der Waals surface area contributed by atoms with E-state index in [0.717, 1.165) is 24.1 Å². The first-order valence-electron chi connectivity index (χ1n) is 7.96. The smallest absolute Gasteiger partial charge is 0.227 e. The molecule has 6 nitrogen and oxygen atoms in total. The average molecular weight is 319 g/mol. The molecule has 0 radical (unpaired) electrons. The summed E-state index contributed by atoms with van der Waals surface area (Å²) in [5.74, 6) is 0.177. The van der Waals surface area contributed by atoms with Gasteiger partial charge < -0.3 is 21.1 Å². The van der Waals surface area contributed by atoms with Gasteiger partial charge in [0.25, 0.3) is 0 Å². The third kappa shape index (κ3) is 5.33. The predicted molar refractivity (Wildman–Crippen MR) is 88.8 cm³/mol. The van der Waals surface area contributed by atoms with Gasteiger partial charge in [0.15, 0.2) is 0 Å². The molecular formula is C17H25N3O3. The van der Waals surface area contributed by atoms with Gasteiger partial charge in [0, 0.05) is 25.3 Å². The molecule has 1 aliphatic carbocycles. The van der Waals surface area contributed by atoms with Crippen LogP contribution in [0.1, 0.15) is 37.8 Å². The molecule has 2 rings (SSSR count). The Kier molecular flexibility index (Phi) is 6.12. The number of hydrogen-bond acceptors (Lipinski definition) is 4. The van der Waals surface area contributed by atoms with Crippen molar-refractivity contribution in [3.63, 3.8) is 0 Å². The number of benzene rings is 1. The third-order valence-corrected chi connectivity index (χ3v) is 4.01. The summed E-state index contributed by atoms with van der Waals surface area (Å²) in [7, 11) is 1.54. The number of amides is 2. The number of rotatable bonds is 8. The van der Waals surface area contributed by atoms with Gasteiger partial charge in [0.2, 0.25) is 11.8 Å². The number of ether oxygens (including phenoxy) is 1. The first kappa shape index (κ1) is 17.4. The maximum absolute atomic E-state index is 11.9. The fourth-order valence-corrected chi connectivity index (χ4v) is 2.30. The van der Waals surface area contributed by atoms with Crippen LogP contribution in [-0.4, -0.2) is 31.6 Å². The van der Waals surface area contributed by atoms with Crippen LogP contribution in [0.4, 0.5) is 5.69 Å². The minimum Gasteiger partial charge on any atom is -0.380 e. The Balaban J connectivity index is 1.85. The second-order valence-electron chi connectivity index (χ2n) is 5.97. The minimum atomic E-state index is -0.262. The summed E-state index contributed by atoms with van der Waals surface area (Å²) < 4.78 is 5.11. The molecular weight excluding hydrogens is 294 g/mol. The van der Waals surface area contributed by atoms with Crippen LogP contribution in [-0.2, 0) is 14.3 Å². The maximum Gasteiger partial charge on any atom is 0.227 e. The normalized spacial score (nSPS) is 16.5. The van der Waals surface area contributed by atoms with Crippen molar-refractivity contribution in [1.29, 1.82) is 0 Å². The second-order valence-corrected chi connectivity index (χ2v) is 5.97. The van der Waals surface area contributed by atoms with E-state index in [4.69, 9.17) is 10.5 Å². The quantitative estimate of drug-likeness (QED) is 0.678. The molecule has 2 amide bonds. The number of carbonyl (C=O) groups is 2. The molecule has 1 aromatic carbocycles. The van der Waals surface area contributed by atoms with Gasteiger partial charge in [-0.25, -0.2) is 0 Å². The summed E-state index contributed by atoms with van der Waals surface area (Å²) in [6.07, 6.45) is 1.95. The molecule has 1 fully saturated rings. The van der Waals surface area contributed by atoms with Crippen molar-refractivity contribution in [2.75, 3.05) is 19.0 Å². The molecule has 23 heavy (non-hydrogen) atoms. The summed E-state index contributed by atoms with van der Waals surface area (Å²) in [5, 5.41) is 5.82. The molecule has 0 heterocycles. The molecule has 2 unspecified atom stereocenters. The molecule has 126 valence electrons. The van der Waals surface area contributed by atoms with Gasteiger partial charge in [-0.15, -0.1) is 0 Å². The lowest BCUT2D eigenvalue weighted by molar-refractivity contribution is -0.124. The van der Waals surface area contributed by atoms with Crippen molar-refractivity contribution >= 4 is 17.5 Å². The van der Waals surface area contributed by atoms with Gasteiger partial charge in [-0.2, -0.15) is 0 Å². The van der Waals surface area contributed by atoms with Crippen LogP contribution < -0.4 is 16.4 Å². The van der Waals surface area contributed by atoms with E-state index < -0.39 is 0 Å². The molecule has 4 N–H and O–H groups in total. The largest absolute Gasteiger partial charge is 0.380 e. The third-order valence-electron chi connectivity index (χ3n) is 4.01. The number of carbonyl (C=O) groups excluding carboxylic acids is 2. The van der Waals surface area contributed by atoms with Crippen LogP contribution in [0.25, 0.3) is 0 Å². The van der Waals surface area contributed by atoms with E-state index in [1.54, 1.807) is 7.11 Å². The van der Waals surface area contributed by atoms with E-state index in [-0.39, 0.29) is 36.3 Å². The second kappa shape index (κ2) is 8.08. The van der Waals surface area contributed by atoms with Gasteiger partial charge in [-0.1, -0.05) is 12.1 Å². The Morgan fingerprint density at radius 2 is 1.96 bits per heavy atom. The predicted octanol–water partition coefficient (Wildman–Crippen LogP) is 1.58. The molecule has 1 aromatic rings. The van der Waals surface area contributed by atoms with E-state index in [9.17, 15) is 9.59 Å². The standard InChI is InChI=1S/C17H25N3O3/c1-11(19-16(21)9-15(10-18)23-2)12-5-7-14(8-6-12)20-17(22)13-3-4-13/h5-8,11,13,15H,3-4,9-10,18H2,1-2H3,(H,19,21)(H,20,22). The fraction of sp³-hybridized carbons (Fsp3) is 0.529. The van der Waals surface area contributed by atoms with Gasteiger partial charge in [0.05, 0.1) is 18.6 Å². The van der Waals surface area contributed by atoms with Crippen molar-refractivity contribution < 1.29 is 14.3 Å². The van der Waals surface area contributed by atoms with Crippen molar-refractivity contribution in [2.45, 2.75) is 38.3 Å². The number of anilines is 1. The Bertz CT molecular complexity index is 537. The zero-order valence-corrected chi connectivity index (χ0v) is 13.7. The van der Waals surface area contributed by atoms with Crippen LogP contribution in [0.5, 0.6) is 0 Å². The van der Waals surface area contributed by atoms with E-state index in [1.807, 2.05) is 31.2 Å². The lowest BCUT2D eigenvalue weighted by Crippen LogP contribution is -2.33. The van der Waals surface area contributed by atoms with Crippen LogP contribution >= 0.6 is 0 Å². The van der Waals surface area contributed by atoms with E-state index in [2.05, 4.69) is 10.6 Å². The SMILES string of the molecule is COC(CN)CC(=O)NC(C)c1ccc(NC(=O)C2CC2)cc1. The lowest BCUT2D eigenvalue weighted by Gasteiger charge is -2.17. The summed E-state index contributed by atoms with van der Waals surface area (Å²) >= 11 is 0. The highest BCUT2D eigenvalue weighted by molar-refractivity contribution is 5.94. The van der Waals surface area contributed by atoms with Crippen molar-refractivity contribution in [3.8, 4) is 0 Å². The van der Waals surface area contributed by atoms with Crippen LogP contribution in [0.3, 0.4) is 0 Å². The van der Waals surface area contributed by atoms with Crippen LogP contribution in [0.15, 0.2) is 24.3 Å². The summed E-state index contributed by atoms with van der Waals surface area (Å²) in [6, 6.07) is 7.41. The molecule has 1 aliphatic rings. The number of nitrogens with two attached hydrogens (primary N) is 1. The van der Waals surface area contributed by atoms with Gasteiger partial charge in [-0.3, -0.25) is 9.59 Å². The first-order valence-corrected chi connectivity index (χ1v) is 7.96. The Morgan fingerprint density at radius 1 is 1.30 bits per heavy atom. The van der Waals surface area contributed by atoms with Crippen molar-refractivity contribution in [1.82, 2.24) is 5.32 Å². The summed E-state index contributed by atoms with van der Waals surface area (Å²) in [5.41, 5.74) is 7.28. The Hall–Kier alpha value is -1.92. The maximum atomic E-state index is 11.9. The molecule has 0 spiro atoms. The highest BCUT2D eigenvalue weighted by Crippen LogP contribution is 2.30. The van der Waals surface area contributed by atoms with Crippen LogP contribution in [0.2, 0.25) is 0 Å². The highest BCUT2D eigenvalue weighted by atomic mass is 16.5. The fourth-order valence-electron chi connectivity index (χ4n) is 2.30. The summed E-state index contributed by atoms with van der Waals surface area (Å²) in [4.78, 5) is 23.7. The van der Waals surface area contributed by atoms with E-state index in [1.165, 1.54) is 0 Å². The lowest BCUT2D eigenvalue weighted by atomic mass is 10.1. The zero-order chi connectivity index (χ0) is 16.8. The highest BCUT2D eigenvalue weighted by Gasteiger charge is 2.29. The molecule has 0 saturated heterocycles. The summed E-state index contributed by atoms with van der Waals surface area (Å²) in [6.45, 7) is 2.23. The average Bonchev–Trinajstić information content (AvgIpc) is 3.38. The molecule has 0 aliphatic heterocycles. The number of hydrogen-bond donors (Lipinski definition) is 3. The van der Waals surface area contributed by atoms with E-state index in [0.29, 0.717) is 6.54 Å². The molecule has 0 aromatic heterocycles. The molecule has 1 saturated carbocycles. The van der Waals surface area contributed by atoms with Gasteiger partial charge in [-0.05, 0) is 37.5 Å². The van der Waals surface area contributed by atoms with Crippen molar-refractivity contribution in [3.05, 3.63) is 29.8 Å². The Labute approximate surface area is 136 Å². The first-order chi connectivity index (χ1) is 11.0. The van der Waals surface area contributed by atoms with Crippen LogP contribution in [0, 0.1) is 5.92 Å².